The van der Waals surface area contributed by atoms with E-state index in [-0.39, 0.29) is 17.6 Å². The maximum absolute atomic E-state index is 13.2. The quantitative estimate of drug-likeness (QED) is 0.741. The number of aliphatic hydroxyl groups excluding tert-OH is 1. The molecule has 1 N–H and O–H groups in total. The van der Waals surface area contributed by atoms with Gasteiger partial charge in [0.25, 0.3) is 0 Å². The number of imidazole rings is 1. The minimum atomic E-state index is -4.64. The SMILES string of the molecule is O[C@@H](Cn1c(C(F)(F)F)nc2ccccc21)c1ccc(F)cc1. The first-order valence-electron chi connectivity index (χ1n) is 6.82. The molecule has 0 saturated heterocycles. The molecule has 0 aliphatic rings. The molecule has 23 heavy (non-hydrogen) atoms. The number of hydrogen-bond acceptors (Lipinski definition) is 2. The second kappa shape index (κ2) is 5.66. The van der Waals surface area contributed by atoms with Gasteiger partial charge >= 0.3 is 6.18 Å². The molecule has 0 fully saturated rings. The molecule has 1 atom stereocenters. The van der Waals surface area contributed by atoms with Gasteiger partial charge in [-0.3, -0.25) is 0 Å². The van der Waals surface area contributed by atoms with Crippen molar-refractivity contribution in [3.63, 3.8) is 0 Å². The van der Waals surface area contributed by atoms with E-state index in [1.165, 1.54) is 24.3 Å². The predicted molar refractivity (Wildman–Crippen MR) is 76.1 cm³/mol. The minimum Gasteiger partial charge on any atom is -0.387 e. The Labute approximate surface area is 128 Å². The van der Waals surface area contributed by atoms with E-state index in [1.807, 2.05) is 0 Å². The van der Waals surface area contributed by atoms with E-state index in [4.69, 9.17) is 0 Å². The number of fused-ring (bicyclic) bond motifs is 1. The summed E-state index contributed by atoms with van der Waals surface area (Å²) in [5, 5.41) is 10.2. The monoisotopic (exact) mass is 324 g/mol. The molecule has 2 aromatic carbocycles. The lowest BCUT2D eigenvalue weighted by molar-refractivity contribution is -0.147. The number of para-hydroxylation sites is 2. The van der Waals surface area contributed by atoms with Gasteiger partial charge in [-0.1, -0.05) is 24.3 Å². The van der Waals surface area contributed by atoms with Crippen molar-refractivity contribution in [2.75, 3.05) is 0 Å². The van der Waals surface area contributed by atoms with Crippen molar-refractivity contribution in [2.45, 2.75) is 18.8 Å². The molecule has 0 aliphatic heterocycles. The summed E-state index contributed by atoms with van der Waals surface area (Å²) < 4.78 is 53.4. The third-order valence-corrected chi connectivity index (χ3v) is 3.52. The molecule has 0 radical (unpaired) electrons. The van der Waals surface area contributed by atoms with Crippen molar-refractivity contribution in [1.29, 1.82) is 0 Å². The molecule has 0 bridgehead atoms. The van der Waals surface area contributed by atoms with Crippen molar-refractivity contribution in [3.05, 3.63) is 65.7 Å². The standard InChI is InChI=1S/C16H12F4N2O/c17-11-7-5-10(6-8-11)14(23)9-22-13-4-2-1-3-12(13)21-15(22)16(18,19)20/h1-8,14,23H,9H2/t14-/m0/s1. The van der Waals surface area contributed by atoms with Crippen LogP contribution < -0.4 is 0 Å². The second-order valence-electron chi connectivity index (χ2n) is 5.10. The summed E-state index contributed by atoms with van der Waals surface area (Å²) in [6.45, 7) is -0.332. The Kier molecular flexibility index (Phi) is 3.81. The smallest absolute Gasteiger partial charge is 0.387 e. The number of benzene rings is 2. The highest BCUT2D eigenvalue weighted by molar-refractivity contribution is 5.76. The maximum atomic E-state index is 13.2. The summed E-state index contributed by atoms with van der Waals surface area (Å²) in [5.41, 5.74) is 0.810. The number of rotatable bonds is 3. The third-order valence-electron chi connectivity index (χ3n) is 3.52. The summed E-state index contributed by atoms with van der Waals surface area (Å²) in [4.78, 5) is 3.61. The predicted octanol–water partition coefficient (Wildman–Crippen LogP) is 3.93. The van der Waals surface area contributed by atoms with Crippen molar-refractivity contribution in [2.24, 2.45) is 0 Å². The molecule has 0 unspecified atom stereocenters. The highest BCUT2D eigenvalue weighted by atomic mass is 19.4. The van der Waals surface area contributed by atoms with Crippen LogP contribution >= 0.6 is 0 Å². The van der Waals surface area contributed by atoms with E-state index in [0.29, 0.717) is 5.56 Å². The van der Waals surface area contributed by atoms with Gasteiger partial charge in [0, 0.05) is 0 Å². The Hall–Kier alpha value is -2.41. The maximum Gasteiger partial charge on any atom is 0.449 e. The van der Waals surface area contributed by atoms with Gasteiger partial charge in [0.15, 0.2) is 0 Å². The van der Waals surface area contributed by atoms with Gasteiger partial charge in [-0.2, -0.15) is 13.2 Å². The molecule has 1 heterocycles. The molecule has 0 aliphatic carbocycles. The lowest BCUT2D eigenvalue weighted by Gasteiger charge is -2.16. The molecule has 1 aromatic heterocycles. The van der Waals surface area contributed by atoms with Crippen LogP contribution in [-0.2, 0) is 12.7 Å². The lowest BCUT2D eigenvalue weighted by atomic mass is 10.1. The zero-order valence-corrected chi connectivity index (χ0v) is 11.8. The normalized spacial score (nSPS) is 13.4. The van der Waals surface area contributed by atoms with Gasteiger partial charge in [0.1, 0.15) is 5.82 Å². The molecule has 7 heteroatoms. The average Bonchev–Trinajstić information content (AvgIpc) is 2.87. The number of nitrogens with zero attached hydrogens (tertiary/aromatic N) is 2. The molecule has 0 saturated carbocycles. The fourth-order valence-corrected chi connectivity index (χ4v) is 2.44. The Bertz CT molecular complexity index is 824. The zero-order valence-electron chi connectivity index (χ0n) is 11.8. The number of halogens is 4. The molecule has 120 valence electrons. The second-order valence-corrected chi connectivity index (χ2v) is 5.10. The zero-order chi connectivity index (χ0) is 16.6. The fourth-order valence-electron chi connectivity index (χ4n) is 2.44. The van der Waals surface area contributed by atoms with E-state index >= 15 is 0 Å². The Morgan fingerprint density at radius 3 is 2.35 bits per heavy atom. The van der Waals surface area contributed by atoms with Crippen LogP contribution in [0.2, 0.25) is 0 Å². The van der Waals surface area contributed by atoms with E-state index in [2.05, 4.69) is 4.98 Å². The molecular weight excluding hydrogens is 312 g/mol. The van der Waals surface area contributed by atoms with Crippen LogP contribution in [0.5, 0.6) is 0 Å². The van der Waals surface area contributed by atoms with Gasteiger partial charge in [0.05, 0.1) is 23.7 Å². The van der Waals surface area contributed by atoms with Crippen LogP contribution in [0, 0.1) is 5.82 Å². The Morgan fingerprint density at radius 2 is 1.70 bits per heavy atom. The highest BCUT2D eigenvalue weighted by Crippen LogP contribution is 2.32. The van der Waals surface area contributed by atoms with Gasteiger partial charge in [0.2, 0.25) is 5.82 Å². The van der Waals surface area contributed by atoms with Gasteiger partial charge < -0.3 is 9.67 Å². The fraction of sp³-hybridized carbons (Fsp3) is 0.188. The summed E-state index contributed by atoms with van der Waals surface area (Å²) in [7, 11) is 0. The Balaban J connectivity index is 2.03. The number of aromatic nitrogens is 2. The van der Waals surface area contributed by atoms with Gasteiger partial charge in [-0.25, -0.2) is 9.37 Å². The molecule has 3 nitrogen and oxygen atoms in total. The van der Waals surface area contributed by atoms with Crippen LogP contribution in [0.3, 0.4) is 0 Å². The Morgan fingerprint density at radius 1 is 1.04 bits per heavy atom. The van der Waals surface area contributed by atoms with Gasteiger partial charge in [-0.15, -0.1) is 0 Å². The summed E-state index contributed by atoms with van der Waals surface area (Å²) in [6.07, 6.45) is -5.85. The number of alkyl halides is 3. The highest BCUT2D eigenvalue weighted by Gasteiger charge is 2.38. The van der Waals surface area contributed by atoms with E-state index in [9.17, 15) is 22.7 Å². The molecule has 0 spiro atoms. The summed E-state index contributed by atoms with van der Waals surface area (Å²) in [6, 6.07) is 11.2. The summed E-state index contributed by atoms with van der Waals surface area (Å²) in [5.74, 6) is -1.55. The first kappa shape index (κ1) is 15.5. The van der Waals surface area contributed by atoms with Crippen molar-refractivity contribution in [1.82, 2.24) is 9.55 Å². The van der Waals surface area contributed by atoms with Crippen molar-refractivity contribution >= 4 is 11.0 Å². The van der Waals surface area contributed by atoms with Crippen LogP contribution in [0.15, 0.2) is 48.5 Å². The van der Waals surface area contributed by atoms with E-state index < -0.39 is 23.9 Å². The topological polar surface area (TPSA) is 38.0 Å². The minimum absolute atomic E-state index is 0.200. The van der Waals surface area contributed by atoms with Crippen molar-refractivity contribution in [3.8, 4) is 0 Å². The first-order valence-corrected chi connectivity index (χ1v) is 6.82. The first-order chi connectivity index (χ1) is 10.9. The molecule has 3 rings (SSSR count). The molecule has 3 aromatic rings. The van der Waals surface area contributed by atoms with Crippen LogP contribution in [0.4, 0.5) is 17.6 Å². The number of hydrogen-bond donors (Lipinski definition) is 1. The van der Waals surface area contributed by atoms with Crippen LogP contribution in [0.1, 0.15) is 17.5 Å². The lowest BCUT2D eigenvalue weighted by Crippen LogP contribution is -2.18. The van der Waals surface area contributed by atoms with Crippen LogP contribution in [-0.4, -0.2) is 14.7 Å². The van der Waals surface area contributed by atoms with E-state index in [1.54, 1.807) is 12.1 Å². The average molecular weight is 324 g/mol. The largest absolute Gasteiger partial charge is 0.449 e. The summed E-state index contributed by atoms with van der Waals surface area (Å²) >= 11 is 0. The third kappa shape index (κ3) is 3.05. The van der Waals surface area contributed by atoms with Gasteiger partial charge in [-0.05, 0) is 29.8 Å². The molecule has 0 amide bonds. The molecular formula is C16H12F4N2O. The number of aliphatic hydroxyl groups is 1. The van der Waals surface area contributed by atoms with Crippen molar-refractivity contribution < 1.29 is 22.7 Å². The van der Waals surface area contributed by atoms with E-state index in [0.717, 1.165) is 16.7 Å². The van der Waals surface area contributed by atoms with Crippen LogP contribution in [0.25, 0.3) is 11.0 Å².